The number of hydrogen-bond acceptors (Lipinski definition) is 6. The fraction of sp³-hybridized carbons (Fsp3) is 0.625. The van der Waals surface area contributed by atoms with Gasteiger partial charge in [-0.25, -0.2) is 0 Å². The summed E-state index contributed by atoms with van der Waals surface area (Å²) in [7, 11) is 1.28. The van der Waals surface area contributed by atoms with E-state index >= 15 is 0 Å². The van der Waals surface area contributed by atoms with E-state index in [1.807, 2.05) is 4.90 Å². The third kappa shape index (κ3) is 4.40. The van der Waals surface area contributed by atoms with Crippen molar-refractivity contribution in [3.8, 4) is 0 Å². The maximum absolute atomic E-state index is 12.7. The van der Waals surface area contributed by atoms with Crippen molar-refractivity contribution in [2.24, 2.45) is 7.05 Å². The van der Waals surface area contributed by atoms with E-state index in [0.717, 1.165) is 43.5 Å². The molecular weight excluding hydrogens is 365 g/mol. The molecule has 0 radical (unpaired) electrons. The molecular formula is C16H21F3N6O2. The fourth-order valence-electron chi connectivity index (χ4n) is 2.95. The highest BCUT2D eigenvalue weighted by Crippen LogP contribution is 2.28. The lowest BCUT2D eigenvalue weighted by Crippen LogP contribution is -2.29. The summed E-state index contributed by atoms with van der Waals surface area (Å²) >= 11 is 0. The predicted octanol–water partition coefficient (Wildman–Crippen LogP) is 2.69. The first-order valence-corrected chi connectivity index (χ1v) is 8.76. The summed E-state index contributed by atoms with van der Waals surface area (Å²) in [6.07, 6.45) is -0.177. The Morgan fingerprint density at radius 1 is 1.26 bits per heavy atom. The summed E-state index contributed by atoms with van der Waals surface area (Å²) in [5.74, 6) is -0.0452. The summed E-state index contributed by atoms with van der Waals surface area (Å²) in [6, 6.07) is 0.0494. The maximum Gasteiger partial charge on any atom is 0.435 e. The molecule has 0 saturated carbocycles. The van der Waals surface area contributed by atoms with Gasteiger partial charge in [0.15, 0.2) is 5.69 Å². The van der Waals surface area contributed by atoms with Crippen molar-refractivity contribution in [3.05, 3.63) is 23.3 Å². The smallest absolute Gasteiger partial charge is 0.339 e. The van der Waals surface area contributed by atoms with E-state index in [2.05, 4.69) is 20.6 Å². The van der Waals surface area contributed by atoms with Gasteiger partial charge in [0.05, 0.1) is 0 Å². The zero-order valence-electron chi connectivity index (χ0n) is 15.1. The summed E-state index contributed by atoms with van der Waals surface area (Å²) in [6.45, 7) is 3.31. The van der Waals surface area contributed by atoms with Crippen molar-refractivity contribution in [3.63, 3.8) is 0 Å². The minimum Gasteiger partial charge on any atom is -0.339 e. The van der Waals surface area contributed by atoms with Crippen molar-refractivity contribution in [2.75, 3.05) is 18.0 Å². The molecule has 1 N–H and O–H groups in total. The number of nitrogens with zero attached hydrogens (tertiary/aromatic N) is 5. The number of aryl methyl sites for hydroxylation is 1. The second-order valence-corrected chi connectivity index (χ2v) is 6.57. The third-order valence-corrected chi connectivity index (χ3v) is 4.44. The van der Waals surface area contributed by atoms with Crippen LogP contribution in [0.3, 0.4) is 0 Å². The molecule has 1 amide bonds. The van der Waals surface area contributed by atoms with Gasteiger partial charge in [0.25, 0.3) is 17.7 Å². The largest absolute Gasteiger partial charge is 0.435 e. The molecule has 0 bridgehead atoms. The molecule has 148 valence electrons. The third-order valence-electron chi connectivity index (χ3n) is 4.44. The highest BCUT2D eigenvalue weighted by Gasteiger charge is 2.35. The number of rotatable bonds is 4. The van der Waals surface area contributed by atoms with Crippen LogP contribution >= 0.6 is 0 Å². The Hall–Kier alpha value is -2.59. The van der Waals surface area contributed by atoms with Crippen LogP contribution in [0, 0.1) is 0 Å². The van der Waals surface area contributed by atoms with Gasteiger partial charge >= 0.3 is 6.18 Å². The van der Waals surface area contributed by atoms with Gasteiger partial charge in [-0.1, -0.05) is 12.8 Å². The topological polar surface area (TPSA) is 89.1 Å². The lowest BCUT2D eigenvalue weighted by molar-refractivity contribution is -0.141. The number of hydrogen-bond donors (Lipinski definition) is 1. The molecule has 1 atom stereocenters. The van der Waals surface area contributed by atoms with Crippen LogP contribution in [-0.4, -0.2) is 38.9 Å². The monoisotopic (exact) mass is 386 g/mol. The van der Waals surface area contributed by atoms with Gasteiger partial charge < -0.3 is 14.7 Å². The molecule has 11 heteroatoms. The predicted molar refractivity (Wildman–Crippen MR) is 89.1 cm³/mol. The molecule has 1 fully saturated rings. The Labute approximate surface area is 153 Å². The number of carbonyl (C=O) groups excluding carboxylic acids is 1. The Morgan fingerprint density at radius 3 is 2.52 bits per heavy atom. The number of aromatic nitrogens is 4. The van der Waals surface area contributed by atoms with Crippen LogP contribution in [0.2, 0.25) is 0 Å². The highest BCUT2D eigenvalue weighted by atomic mass is 19.4. The minimum absolute atomic E-state index is 0.195. The standard InChI is InChI=1S/C16H21F3N6O2/c1-10(14-21-15(23-27-14)25-7-5-3-4-6-8-25)20-13(26)11-9-12(16(17,18)19)22-24(11)2/h9-10H,3-8H2,1-2H3,(H,20,26)/t10-/m0/s1. The molecule has 1 aliphatic rings. The molecule has 8 nitrogen and oxygen atoms in total. The van der Waals surface area contributed by atoms with E-state index in [1.54, 1.807) is 6.92 Å². The van der Waals surface area contributed by atoms with Crippen molar-refractivity contribution < 1.29 is 22.5 Å². The van der Waals surface area contributed by atoms with E-state index in [0.29, 0.717) is 12.0 Å². The molecule has 0 aliphatic carbocycles. The Kier molecular flexibility index (Phi) is 5.38. The molecule has 1 aliphatic heterocycles. The van der Waals surface area contributed by atoms with Gasteiger partial charge in [0, 0.05) is 26.2 Å². The summed E-state index contributed by atoms with van der Waals surface area (Å²) < 4.78 is 44.3. The van der Waals surface area contributed by atoms with Gasteiger partial charge in [-0.05, 0) is 24.9 Å². The van der Waals surface area contributed by atoms with E-state index in [-0.39, 0.29) is 11.6 Å². The molecule has 0 spiro atoms. The van der Waals surface area contributed by atoms with Crippen molar-refractivity contribution >= 4 is 11.9 Å². The first-order valence-electron chi connectivity index (χ1n) is 8.76. The quantitative estimate of drug-likeness (QED) is 0.869. The average molecular weight is 386 g/mol. The second-order valence-electron chi connectivity index (χ2n) is 6.57. The first kappa shape index (κ1) is 19.2. The molecule has 0 aromatic carbocycles. The lowest BCUT2D eigenvalue weighted by Gasteiger charge is -2.16. The summed E-state index contributed by atoms with van der Waals surface area (Å²) in [5.41, 5.74) is -1.33. The van der Waals surface area contributed by atoms with Crippen LogP contribution in [-0.2, 0) is 13.2 Å². The number of halogens is 3. The first-order chi connectivity index (χ1) is 12.8. The van der Waals surface area contributed by atoms with E-state index in [1.165, 1.54) is 7.05 Å². The molecule has 27 heavy (non-hydrogen) atoms. The van der Waals surface area contributed by atoms with E-state index < -0.39 is 23.8 Å². The minimum atomic E-state index is -4.61. The van der Waals surface area contributed by atoms with Crippen molar-refractivity contribution in [1.82, 2.24) is 25.2 Å². The number of alkyl halides is 3. The second kappa shape index (κ2) is 7.57. The Bertz CT molecular complexity index is 792. The van der Waals surface area contributed by atoms with Gasteiger partial charge in [0.1, 0.15) is 11.7 Å². The SMILES string of the molecule is C[C@H](NC(=O)c1cc(C(F)(F)F)nn1C)c1nc(N2CCCCCC2)no1. The number of nitrogens with one attached hydrogen (secondary N) is 1. The van der Waals surface area contributed by atoms with Crippen molar-refractivity contribution in [2.45, 2.75) is 44.8 Å². The van der Waals surface area contributed by atoms with Gasteiger partial charge in [-0.3, -0.25) is 9.48 Å². The molecule has 1 saturated heterocycles. The van der Waals surface area contributed by atoms with E-state index in [9.17, 15) is 18.0 Å². The average Bonchev–Trinajstić information content (AvgIpc) is 3.14. The molecule has 2 aromatic heterocycles. The molecule has 0 unspecified atom stereocenters. The fourth-order valence-corrected chi connectivity index (χ4v) is 2.95. The summed E-state index contributed by atoms with van der Waals surface area (Å²) in [5, 5.41) is 9.85. The van der Waals surface area contributed by atoms with Crippen LogP contribution in [0.15, 0.2) is 10.6 Å². The number of anilines is 1. The molecule has 2 aromatic rings. The molecule has 3 rings (SSSR count). The number of carbonyl (C=O) groups is 1. The summed E-state index contributed by atoms with van der Waals surface area (Å²) in [4.78, 5) is 18.7. The maximum atomic E-state index is 12.7. The van der Waals surface area contributed by atoms with E-state index in [4.69, 9.17) is 4.52 Å². The van der Waals surface area contributed by atoms with Crippen molar-refractivity contribution in [1.29, 1.82) is 0 Å². The van der Waals surface area contributed by atoms with Gasteiger partial charge in [-0.15, -0.1) is 0 Å². The Balaban J connectivity index is 1.67. The zero-order chi connectivity index (χ0) is 19.6. The van der Waals surface area contributed by atoms with Crippen LogP contribution < -0.4 is 10.2 Å². The van der Waals surface area contributed by atoms with Crippen LogP contribution in [0.1, 0.15) is 60.7 Å². The van der Waals surface area contributed by atoms with Crippen LogP contribution in [0.25, 0.3) is 0 Å². The van der Waals surface area contributed by atoms with Gasteiger partial charge in [-0.2, -0.15) is 23.3 Å². The molecule has 3 heterocycles. The normalized spacial score (nSPS) is 16.9. The van der Waals surface area contributed by atoms with Crippen LogP contribution in [0.5, 0.6) is 0 Å². The lowest BCUT2D eigenvalue weighted by atomic mass is 10.2. The highest BCUT2D eigenvalue weighted by molar-refractivity contribution is 5.92. The van der Waals surface area contributed by atoms with Crippen LogP contribution in [0.4, 0.5) is 19.1 Å². The zero-order valence-corrected chi connectivity index (χ0v) is 15.1. The number of amides is 1. The Morgan fingerprint density at radius 2 is 1.93 bits per heavy atom. The van der Waals surface area contributed by atoms with Gasteiger partial charge in [0.2, 0.25) is 0 Å².